The van der Waals surface area contributed by atoms with Crippen LogP contribution in [0.3, 0.4) is 0 Å². The molecule has 0 fully saturated rings. The average Bonchev–Trinajstić information content (AvgIpc) is 3.17. The quantitative estimate of drug-likeness (QED) is 0.305. The van der Waals surface area contributed by atoms with Crippen molar-refractivity contribution in [2.45, 2.75) is 38.6 Å². The highest BCUT2D eigenvalue weighted by Crippen LogP contribution is 2.22. The van der Waals surface area contributed by atoms with Gasteiger partial charge in [-0.15, -0.1) is 17.9 Å². The Bertz CT molecular complexity index is 704. The van der Waals surface area contributed by atoms with E-state index in [4.69, 9.17) is 12.2 Å². The first kappa shape index (κ1) is 19.5. The van der Waals surface area contributed by atoms with Gasteiger partial charge in [0.2, 0.25) is 5.78 Å². The van der Waals surface area contributed by atoms with Crippen molar-refractivity contribution in [2.24, 2.45) is 0 Å². The molecule has 2 aromatic rings. The standard InChI is InChI=1S/C20H24N2OS2/c1-4-11-21-20(24)18(19(23)17-8-7-14-25-17)22-12-9-16(10-13-22)15(5-2)6-3/h4,7-10,12-15,18H,1,5-6,11H2,2-3H3/p+1/t18-/m0/s1. The molecule has 0 saturated carbocycles. The molecule has 0 aromatic carbocycles. The first-order valence-electron chi connectivity index (χ1n) is 8.59. The van der Waals surface area contributed by atoms with Gasteiger partial charge in [0.15, 0.2) is 17.4 Å². The van der Waals surface area contributed by atoms with E-state index >= 15 is 0 Å². The monoisotopic (exact) mass is 373 g/mol. The minimum atomic E-state index is -0.538. The fraction of sp³-hybridized carbons (Fsp3) is 0.350. The van der Waals surface area contributed by atoms with Crippen LogP contribution in [0.15, 0.2) is 54.7 Å². The summed E-state index contributed by atoms with van der Waals surface area (Å²) in [5.41, 5.74) is 1.30. The lowest BCUT2D eigenvalue weighted by Crippen LogP contribution is -2.51. The van der Waals surface area contributed by atoms with Gasteiger partial charge < -0.3 is 5.32 Å². The fourth-order valence-corrected chi connectivity index (χ4v) is 3.87. The summed E-state index contributed by atoms with van der Waals surface area (Å²) in [6.45, 7) is 8.64. The maximum absolute atomic E-state index is 13.0. The second-order valence-electron chi connectivity index (χ2n) is 5.87. The topological polar surface area (TPSA) is 33.0 Å². The summed E-state index contributed by atoms with van der Waals surface area (Å²) >= 11 is 6.95. The second-order valence-corrected chi connectivity index (χ2v) is 7.26. The zero-order valence-electron chi connectivity index (χ0n) is 14.8. The maximum atomic E-state index is 13.0. The summed E-state index contributed by atoms with van der Waals surface area (Å²) in [4.78, 5) is 14.2. The Kier molecular flexibility index (Phi) is 7.47. The van der Waals surface area contributed by atoms with Gasteiger partial charge in [-0.1, -0.05) is 38.2 Å². The number of aromatic nitrogens is 1. The molecule has 5 heteroatoms. The normalized spacial score (nSPS) is 12.0. The van der Waals surface area contributed by atoms with E-state index in [1.807, 2.05) is 34.5 Å². The van der Waals surface area contributed by atoms with E-state index in [1.165, 1.54) is 16.9 Å². The number of thiophene rings is 1. The smallest absolute Gasteiger partial charge is 0.271 e. The number of nitrogens with one attached hydrogen (secondary N) is 1. The maximum Gasteiger partial charge on any atom is 0.271 e. The van der Waals surface area contributed by atoms with Crippen molar-refractivity contribution in [1.29, 1.82) is 0 Å². The molecule has 0 aliphatic rings. The van der Waals surface area contributed by atoms with Crippen molar-refractivity contribution >= 4 is 34.3 Å². The molecule has 0 aliphatic carbocycles. The third-order valence-corrected chi connectivity index (χ3v) is 5.57. The molecule has 0 aliphatic heterocycles. The Morgan fingerprint density at radius 3 is 2.52 bits per heavy atom. The molecule has 2 aromatic heterocycles. The van der Waals surface area contributed by atoms with Crippen LogP contribution in [0, 0.1) is 0 Å². The van der Waals surface area contributed by atoms with Gasteiger partial charge in [0, 0.05) is 18.7 Å². The first-order valence-corrected chi connectivity index (χ1v) is 9.88. The predicted octanol–water partition coefficient (Wildman–Crippen LogP) is 4.47. The highest BCUT2D eigenvalue weighted by atomic mass is 32.1. The number of carbonyl (C=O) groups excluding carboxylic acids is 1. The van der Waals surface area contributed by atoms with Crippen molar-refractivity contribution in [1.82, 2.24) is 5.32 Å². The molecule has 0 radical (unpaired) electrons. The molecule has 1 N–H and O–H groups in total. The number of nitrogens with zero attached hydrogens (tertiary/aromatic N) is 1. The number of carbonyl (C=O) groups is 1. The van der Waals surface area contributed by atoms with Crippen molar-refractivity contribution < 1.29 is 9.36 Å². The van der Waals surface area contributed by atoms with Crippen LogP contribution in [0.25, 0.3) is 0 Å². The molecule has 3 nitrogen and oxygen atoms in total. The highest BCUT2D eigenvalue weighted by molar-refractivity contribution is 7.80. The summed E-state index contributed by atoms with van der Waals surface area (Å²) in [5.74, 6) is 0.559. The number of hydrogen-bond acceptors (Lipinski definition) is 3. The van der Waals surface area contributed by atoms with Crippen molar-refractivity contribution in [3.63, 3.8) is 0 Å². The molecule has 25 heavy (non-hydrogen) atoms. The summed E-state index contributed by atoms with van der Waals surface area (Å²) in [6.07, 6.45) is 7.88. The largest absolute Gasteiger partial charge is 0.370 e. The van der Waals surface area contributed by atoms with Crippen LogP contribution in [0.4, 0.5) is 0 Å². The van der Waals surface area contributed by atoms with Crippen LogP contribution in [-0.2, 0) is 0 Å². The minimum absolute atomic E-state index is 0.0110. The van der Waals surface area contributed by atoms with Gasteiger partial charge in [0.1, 0.15) is 0 Å². The van der Waals surface area contributed by atoms with Crippen LogP contribution in [-0.4, -0.2) is 17.3 Å². The minimum Gasteiger partial charge on any atom is -0.370 e. The fourth-order valence-electron chi connectivity index (χ4n) is 2.87. The zero-order chi connectivity index (χ0) is 18.2. The summed E-state index contributed by atoms with van der Waals surface area (Å²) < 4.78 is 1.90. The molecule has 0 bridgehead atoms. The third-order valence-electron chi connectivity index (χ3n) is 4.31. The highest BCUT2D eigenvalue weighted by Gasteiger charge is 2.33. The average molecular weight is 374 g/mol. The summed E-state index contributed by atoms with van der Waals surface area (Å²) in [6, 6.07) is 7.39. The number of Topliss-reactive ketones (excluding diaryl/α,β-unsaturated/α-hetero) is 1. The van der Waals surface area contributed by atoms with E-state index in [0.29, 0.717) is 22.3 Å². The molecule has 0 spiro atoms. The van der Waals surface area contributed by atoms with Gasteiger partial charge in [-0.3, -0.25) is 4.79 Å². The molecule has 1 atom stereocenters. The van der Waals surface area contributed by atoms with Crippen molar-refractivity contribution in [2.75, 3.05) is 6.54 Å². The van der Waals surface area contributed by atoms with Gasteiger partial charge in [-0.2, -0.15) is 4.57 Å². The number of thiocarbonyl (C=S) groups is 1. The zero-order valence-corrected chi connectivity index (χ0v) is 16.4. The van der Waals surface area contributed by atoms with Gasteiger partial charge in [0.05, 0.1) is 4.88 Å². The van der Waals surface area contributed by atoms with Crippen LogP contribution < -0.4 is 9.88 Å². The molecule has 0 unspecified atom stereocenters. The van der Waals surface area contributed by atoms with E-state index in [2.05, 4.69) is 37.9 Å². The molecule has 2 heterocycles. The number of rotatable bonds is 9. The molecular weight excluding hydrogens is 348 g/mol. The van der Waals surface area contributed by atoms with Gasteiger partial charge >= 0.3 is 0 Å². The lowest BCUT2D eigenvalue weighted by molar-refractivity contribution is -0.692. The van der Waals surface area contributed by atoms with Crippen LogP contribution in [0.5, 0.6) is 0 Å². The van der Waals surface area contributed by atoms with Crippen LogP contribution in [0.2, 0.25) is 0 Å². The Morgan fingerprint density at radius 1 is 1.32 bits per heavy atom. The summed E-state index contributed by atoms with van der Waals surface area (Å²) in [7, 11) is 0. The van der Waals surface area contributed by atoms with Gasteiger partial charge in [0.25, 0.3) is 6.04 Å². The number of pyridine rings is 1. The van der Waals surface area contributed by atoms with Crippen molar-refractivity contribution in [3.8, 4) is 0 Å². The molecule has 2 rings (SSSR count). The van der Waals surface area contributed by atoms with E-state index in [9.17, 15) is 4.79 Å². The van der Waals surface area contributed by atoms with Gasteiger partial charge in [-0.05, 0) is 35.8 Å². The predicted molar refractivity (Wildman–Crippen MR) is 108 cm³/mol. The van der Waals surface area contributed by atoms with Gasteiger partial charge in [-0.25, -0.2) is 0 Å². The SMILES string of the molecule is C=CCNC(=S)[C@H](C(=O)c1cccs1)[n+]1ccc(C(CC)CC)cc1. The van der Waals surface area contributed by atoms with Crippen LogP contribution >= 0.6 is 23.6 Å². The Hall–Kier alpha value is -1.85. The Labute approximate surface area is 159 Å². The van der Waals surface area contributed by atoms with E-state index in [1.54, 1.807) is 6.08 Å². The van der Waals surface area contributed by atoms with E-state index in [-0.39, 0.29) is 5.78 Å². The first-order chi connectivity index (χ1) is 12.1. The van der Waals surface area contributed by atoms with Crippen LogP contribution in [0.1, 0.15) is 53.9 Å². The van der Waals surface area contributed by atoms with E-state index < -0.39 is 6.04 Å². The number of ketones is 1. The summed E-state index contributed by atoms with van der Waals surface area (Å²) in [5, 5.41) is 5.02. The second kappa shape index (κ2) is 9.59. The lowest BCUT2D eigenvalue weighted by Gasteiger charge is -2.15. The van der Waals surface area contributed by atoms with Crippen molar-refractivity contribution in [3.05, 3.63) is 65.1 Å². The molecule has 132 valence electrons. The Morgan fingerprint density at radius 2 is 2.00 bits per heavy atom. The molecular formula is C20H25N2OS2+. The molecule has 0 saturated heterocycles. The lowest BCUT2D eigenvalue weighted by atomic mass is 9.95. The Balaban J connectivity index is 2.32. The molecule has 0 amide bonds. The number of hydrogen-bond donors (Lipinski definition) is 1. The third kappa shape index (κ3) is 4.83. The van der Waals surface area contributed by atoms with E-state index in [0.717, 1.165) is 12.8 Å².